The molecule has 0 unspecified atom stereocenters. The van der Waals surface area contributed by atoms with Crippen molar-refractivity contribution in [1.82, 2.24) is 15.0 Å². The van der Waals surface area contributed by atoms with Gasteiger partial charge in [-0.05, 0) is 29.3 Å². The molecular weight excluding hydrogens is 398 g/mol. The zero-order valence-corrected chi connectivity index (χ0v) is 17.1. The zero-order valence-electron chi connectivity index (χ0n) is 16.3. The second-order valence-electron chi connectivity index (χ2n) is 7.12. The van der Waals surface area contributed by atoms with Gasteiger partial charge in [0, 0.05) is 29.7 Å². The van der Waals surface area contributed by atoms with Crippen LogP contribution in [0.25, 0.3) is 32.0 Å². The Morgan fingerprint density at radius 3 is 2.50 bits per heavy atom. The summed E-state index contributed by atoms with van der Waals surface area (Å²) in [7, 11) is 0. The number of nitrogens with two attached hydrogens (primary N) is 1. The predicted octanol–water partition coefficient (Wildman–Crippen LogP) is 3.33. The lowest BCUT2D eigenvalue weighted by Crippen LogP contribution is -2.36. The molecule has 4 heterocycles. The van der Waals surface area contributed by atoms with Crippen molar-refractivity contribution in [2.75, 3.05) is 36.9 Å². The molecule has 1 fully saturated rings. The van der Waals surface area contributed by atoms with Crippen molar-refractivity contribution < 1.29 is 9.84 Å². The fourth-order valence-corrected chi connectivity index (χ4v) is 4.61. The van der Waals surface area contributed by atoms with Crippen molar-refractivity contribution >= 4 is 33.2 Å². The average molecular weight is 420 g/mol. The first-order valence-electron chi connectivity index (χ1n) is 9.77. The number of aromatic nitrogens is 3. The molecule has 1 aliphatic heterocycles. The largest absolute Gasteiger partial charge is 0.392 e. The first kappa shape index (κ1) is 18.9. The molecule has 1 aromatic carbocycles. The molecule has 152 valence electrons. The number of rotatable bonds is 4. The van der Waals surface area contributed by atoms with E-state index in [0.29, 0.717) is 24.9 Å². The standard InChI is InChI=1S/C22H21N5O2S/c23-19-6-5-16(12-24-19)21-25-17-11-18(15-3-1-14(13-28)2-4-15)30-20(17)22(26-21)27-7-9-29-10-8-27/h1-6,11-12,28H,7-10,13H2,(H2,23,24). The normalized spacial score (nSPS) is 14.4. The number of ether oxygens (including phenoxy) is 1. The van der Waals surface area contributed by atoms with Crippen LogP contribution < -0.4 is 10.6 Å². The maximum atomic E-state index is 9.31. The van der Waals surface area contributed by atoms with E-state index in [2.05, 4.69) is 16.0 Å². The van der Waals surface area contributed by atoms with E-state index in [-0.39, 0.29) is 6.61 Å². The van der Waals surface area contributed by atoms with Gasteiger partial charge in [0.25, 0.3) is 0 Å². The van der Waals surface area contributed by atoms with Crippen LogP contribution in [-0.4, -0.2) is 46.4 Å². The van der Waals surface area contributed by atoms with Gasteiger partial charge in [-0.1, -0.05) is 24.3 Å². The van der Waals surface area contributed by atoms with Crippen LogP contribution in [0.5, 0.6) is 0 Å². The fraction of sp³-hybridized carbons (Fsp3) is 0.227. The summed E-state index contributed by atoms with van der Waals surface area (Å²) in [6.45, 7) is 3.00. The lowest BCUT2D eigenvalue weighted by molar-refractivity contribution is 0.122. The maximum absolute atomic E-state index is 9.31. The zero-order chi connectivity index (χ0) is 20.5. The number of morpholine rings is 1. The summed E-state index contributed by atoms with van der Waals surface area (Å²) >= 11 is 1.68. The number of aliphatic hydroxyl groups is 1. The Balaban J connectivity index is 1.64. The molecule has 0 amide bonds. The summed E-state index contributed by atoms with van der Waals surface area (Å²) in [6.07, 6.45) is 1.71. The number of thiophene rings is 1. The molecule has 0 bridgehead atoms. The molecule has 0 aliphatic carbocycles. The van der Waals surface area contributed by atoms with Gasteiger partial charge in [0.2, 0.25) is 0 Å². The molecular formula is C22H21N5O2S. The van der Waals surface area contributed by atoms with E-state index >= 15 is 0 Å². The highest BCUT2D eigenvalue weighted by Crippen LogP contribution is 2.38. The first-order valence-corrected chi connectivity index (χ1v) is 10.6. The Bertz CT molecular complexity index is 1170. The number of hydrogen-bond acceptors (Lipinski definition) is 8. The van der Waals surface area contributed by atoms with Gasteiger partial charge < -0.3 is 20.5 Å². The first-order chi connectivity index (χ1) is 14.7. The van der Waals surface area contributed by atoms with E-state index < -0.39 is 0 Å². The number of nitrogens with zero attached hydrogens (tertiary/aromatic N) is 4. The summed E-state index contributed by atoms with van der Waals surface area (Å²) in [4.78, 5) is 17.3. The van der Waals surface area contributed by atoms with E-state index in [1.165, 1.54) is 0 Å². The molecule has 1 aliphatic rings. The monoisotopic (exact) mass is 419 g/mol. The number of anilines is 2. The van der Waals surface area contributed by atoms with Crippen LogP contribution in [0.1, 0.15) is 5.56 Å². The molecule has 5 rings (SSSR count). The van der Waals surface area contributed by atoms with Crippen LogP contribution in [0.2, 0.25) is 0 Å². The van der Waals surface area contributed by atoms with E-state index in [0.717, 1.165) is 50.7 Å². The minimum absolute atomic E-state index is 0.0400. The van der Waals surface area contributed by atoms with Gasteiger partial charge in [-0.3, -0.25) is 0 Å². The molecule has 7 nitrogen and oxygen atoms in total. The van der Waals surface area contributed by atoms with Gasteiger partial charge in [-0.25, -0.2) is 15.0 Å². The third-order valence-electron chi connectivity index (χ3n) is 5.13. The Kier molecular flexibility index (Phi) is 5.04. The Labute approximate surface area is 177 Å². The van der Waals surface area contributed by atoms with E-state index in [1.807, 2.05) is 30.3 Å². The highest BCUT2D eigenvalue weighted by molar-refractivity contribution is 7.22. The van der Waals surface area contributed by atoms with Gasteiger partial charge in [0.05, 0.1) is 30.0 Å². The number of nitrogen functional groups attached to an aromatic ring is 1. The smallest absolute Gasteiger partial charge is 0.163 e. The van der Waals surface area contributed by atoms with Gasteiger partial charge in [0.15, 0.2) is 11.6 Å². The molecule has 0 radical (unpaired) electrons. The maximum Gasteiger partial charge on any atom is 0.163 e. The number of benzene rings is 1. The number of aliphatic hydroxyl groups excluding tert-OH is 1. The minimum Gasteiger partial charge on any atom is -0.392 e. The lowest BCUT2D eigenvalue weighted by Gasteiger charge is -2.28. The molecule has 4 aromatic rings. The van der Waals surface area contributed by atoms with Crippen molar-refractivity contribution in [2.24, 2.45) is 0 Å². The Morgan fingerprint density at radius 2 is 1.80 bits per heavy atom. The van der Waals surface area contributed by atoms with E-state index in [4.69, 9.17) is 20.4 Å². The number of pyridine rings is 1. The second kappa shape index (κ2) is 7.98. The van der Waals surface area contributed by atoms with Crippen molar-refractivity contribution in [3.8, 4) is 21.8 Å². The third-order valence-corrected chi connectivity index (χ3v) is 6.30. The summed E-state index contributed by atoms with van der Waals surface area (Å²) in [5.41, 5.74) is 9.47. The second-order valence-corrected chi connectivity index (χ2v) is 8.17. The van der Waals surface area contributed by atoms with Crippen LogP contribution in [0.15, 0.2) is 48.7 Å². The van der Waals surface area contributed by atoms with E-state index in [9.17, 15) is 5.11 Å². The van der Waals surface area contributed by atoms with Gasteiger partial charge in [-0.2, -0.15) is 0 Å². The molecule has 1 saturated heterocycles. The SMILES string of the molecule is Nc1ccc(-c2nc(N3CCOCC3)c3sc(-c4ccc(CO)cc4)cc3n2)cn1. The van der Waals surface area contributed by atoms with Gasteiger partial charge in [0.1, 0.15) is 5.82 Å². The average Bonchev–Trinajstić information content (AvgIpc) is 3.24. The molecule has 0 atom stereocenters. The molecule has 0 saturated carbocycles. The van der Waals surface area contributed by atoms with Crippen LogP contribution in [0.3, 0.4) is 0 Å². The highest BCUT2D eigenvalue weighted by atomic mass is 32.1. The van der Waals surface area contributed by atoms with Crippen LogP contribution in [0.4, 0.5) is 11.6 Å². The van der Waals surface area contributed by atoms with Crippen molar-refractivity contribution in [2.45, 2.75) is 6.61 Å². The van der Waals surface area contributed by atoms with Gasteiger partial charge in [-0.15, -0.1) is 11.3 Å². The lowest BCUT2D eigenvalue weighted by atomic mass is 10.1. The molecule has 0 spiro atoms. The molecule has 8 heteroatoms. The number of fused-ring (bicyclic) bond motifs is 1. The predicted molar refractivity (Wildman–Crippen MR) is 119 cm³/mol. The highest BCUT2D eigenvalue weighted by Gasteiger charge is 2.20. The van der Waals surface area contributed by atoms with Crippen LogP contribution in [-0.2, 0) is 11.3 Å². The Hall–Kier alpha value is -3.07. The summed E-state index contributed by atoms with van der Waals surface area (Å²) in [5.74, 6) is 2.03. The van der Waals surface area contributed by atoms with Crippen molar-refractivity contribution in [3.05, 3.63) is 54.2 Å². The summed E-state index contributed by atoms with van der Waals surface area (Å²) in [6, 6.07) is 13.7. The summed E-state index contributed by atoms with van der Waals surface area (Å²) < 4.78 is 6.59. The van der Waals surface area contributed by atoms with E-state index in [1.54, 1.807) is 23.6 Å². The van der Waals surface area contributed by atoms with Gasteiger partial charge >= 0.3 is 0 Å². The topological polar surface area (TPSA) is 97.4 Å². The third kappa shape index (κ3) is 3.60. The summed E-state index contributed by atoms with van der Waals surface area (Å²) in [5, 5.41) is 9.31. The molecule has 30 heavy (non-hydrogen) atoms. The van der Waals surface area contributed by atoms with Crippen LogP contribution in [0, 0.1) is 0 Å². The fourth-order valence-electron chi connectivity index (χ4n) is 3.49. The molecule has 3 aromatic heterocycles. The van der Waals surface area contributed by atoms with Crippen molar-refractivity contribution in [1.29, 1.82) is 0 Å². The van der Waals surface area contributed by atoms with Crippen molar-refractivity contribution in [3.63, 3.8) is 0 Å². The quantitative estimate of drug-likeness (QED) is 0.524. The Morgan fingerprint density at radius 1 is 1.03 bits per heavy atom. The minimum atomic E-state index is 0.0400. The molecule has 3 N–H and O–H groups in total. The van der Waals surface area contributed by atoms with Crippen LogP contribution >= 0.6 is 11.3 Å². The number of hydrogen-bond donors (Lipinski definition) is 2.